The minimum absolute atomic E-state index is 0.320. The molecule has 2 rings (SSSR count). The highest BCUT2D eigenvalue weighted by molar-refractivity contribution is 5.61. The summed E-state index contributed by atoms with van der Waals surface area (Å²) in [7, 11) is 0. The quantitative estimate of drug-likeness (QED) is 0.660. The highest BCUT2D eigenvalue weighted by atomic mass is 19.1. The highest BCUT2D eigenvalue weighted by Crippen LogP contribution is 2.21. The van der Waals surface area contributed by atoms with Crippen LogP contribution in [0.3, 0.4) is 0 Å². The van der Waals surface area contributed by atoms with Crippen molar-refractivity contribution < 1.29 is 4.39 Å². The largest absolute Gasteiger partial charge is 0.250 e. The Morgan fingerprint density at radius 3 is 2.44 bits per heavy atom. The fraction of sp³-hybridized carbons (Fsp3) is 0.0714. The Balaban J connectivity index is 2.50. The summed E-state index contributed by atoms with van der Waals surface area (Å²) in [4.78, 5) is 4.17. The molecule has 1 aromatic heterocycles. The third-order valence-electron chi connectivity index (χ3n) is 2.31. The fourth-order valence-corrected chi connectivity index (χ4v) is 1.47. The zero-order valence-corrected chi connectivity index (χ0v) is 8.87. The van der Waals surface area contributed by atoms with Gasteiger partial charge in [-0.25, -0.2) is 4.39 Å². The number of benzene rings is 1. The Kier molecular flexibility index (Phi) is 2.70. The van der Waals surface area contributed by atoms with Gasteiger partial charge in [0.15, 0.2) is 0 Å². The third kappa shape index (κ3) is 1.94. The molecule has 0 atom stereocenters. The van der Waals surface area contributed by atoms with Gasteiger partial charge in [0.1, 0.15) is 11.5 Å². The lowest BCUT2D eigenvalue weighted by atomic mass is 10.1. The summed E-state index contributed by atoms with van der Waals surface area (Å²) in [5.74, 6) is 2.20. The predicted molar refractivity (Wildman–Crippen MR) is 62.3 cm³/mol. The van der Waals surface area contributed by atoms with Crippen LogP contribution in [-0.2, 0) is 0 Å². The summed E-state index contributed by atoms with van der Waals surface area (Å²) < 4.78 is 13.5. The van der Waals surface area contributed by atoms with Crippen LogP contribution in [0.15, 0.2) is 36.4 Å². The van der Waals surface area contributed by atoms with E-state index in [-0.39, 0.29) is 5.82 Å². The van der Waals surface area contributed by atoms with Crippen molar-refractivity contribution in [3.8, 4) is 23.6 Å². The van der Waals surface area contributed by atoms with Gasteiger partial charge in [-0.3, -0.25) is 4.98 Å². The Morgan fingerprint density at radius 1 is 1.12 bits per heavy atom. The standard InChI is InChI=1S/C14H10FN/c1-3-11-5-7-12(8-6-11)14-13(15)9-4-10(2)16-14/h1,4-9H,2H3. The molecule has 1 heterocycles. The van der Waals surface area contributed by atoms with Crippen LogP contribution in [0.5, 0.6) is 0 Å². The van der Waals surface area contributed by atoms with Crippen molar-refractivity contribution in [1.29, 1.82) is 0 Å². The van der Waals surface area contributed by atoms with Crippen LogP contribution in [0.25, 0.3) is 11.3 Å². The minimum atomic E-state index is -0.320. The van der Waals surface area contributed by atoms with Gasteiger partial charge in [0.05, 0.1) is 0 Å². The van der Waals surface area contributed by atoms with Gasteiger partial charge in [-0.15, -0.1) is 6.42 Å². The van der Waals surface area contributed by atoms with Crippen molar-refractivity contribution >= 4 is 0 Å². The molecule has 0 radical (unpaired) electrons. The first-order valence-electron chi connectivity index (χ1n) is 4.91. The van der Waals surface area contributed by atoms with Gasteiger partial charge < -0.3 is 0 Å². The Labute approximate surface area is 94.0 Å². The first kappa shape index (κ1) is 10.4. The number of terminal acetylenes is 1. The number of aryl methyl sites for hydroxylation is 1. The van der Waals surface area contributed by atoms with E-state index in [1.165, 1.54) is 6.07 Å². The SMILES string of the molecule is C#Cc1ccc(-c2nc(C)ccc2F)cc1. The second kappa shape index (κ2) is 4.16. The number of rotatable bonds is 1. The van der Waals surface area contributed by atoms with Crippen LogP contribution in [0.4, 0.5) is 4.39 Å². The van der Waals surface area contributed by atoms with Crippen LogP contribution in [-0.4, -0.2) is 4.98 Å². The Bertz CT molecular complexity index is 550. The van der Waals surface area contributed by atoms with Gasteiger partial charge in [0, 0.05) is 16.8 Å². The Morgan fingerprint density at radius 2 is 1.81 bits per heavy atom. The monoisotopic (exact) mass is 211 g/mol. The normalized spacial score (nSPS) is 9.81. The molecule has 0 spiro atoms. The predicted octanol–water partition coefficient (Wildman–Crippen LogP) is 3.18. The summed E-state index contributed by atoms with van der Waals surface area (Å²) in [6, 6.07) is 10.2. The number of pyridine rings is 1. The smallest absolute Gasteiger partial charge is 0.149 e. The molecule has 0 aliphatic heterocycles. The molecular weight excluding hydrogens is 201 g/mol. The second-order valence-electron chi connectivity index (χ2n) is 3.50. The molecule has 0 amide bonds. The summed E-state index contributed by atoms with van der Waals surface area (Å²) >= 11 is 0. The van der Waals surface area contributed by atoms with E-state index in [2.05, 4.69) is 10.9 Å². The topological polar surface area (TPSA) is 12.9 Å². The van der Waals surface area contributed by atoms with Crippen molar-refractivity contribution in [2.24, 2.45) is 0 Å². The lowest BCUT2D eigenvalue weighted by Gasteiger charge is -2.03. The van der Waals surface area contributed by atoms with E-state index >= 15 is 0 Å². The van der Waals surface area contributed by atoms with Gasteiger partial charge in [-0.2, -0.15) is 0 Å². The van der Waals surface area contributed by atoms with Crippen molar-refractivity contribution in [1.82, 2.24) is 4.98 Å². The van der Waals surface area contributed by atoms with Crippen LogP contribution < -0.4 is 0 Å². The van der Waals surface area contributed by atoms with Gasteiger partial charge in [-0.05, 0) is 31.2 Å². The number of hydrogen-bond donors (Lipinski definition) is 0. The van der Waals surface area contributed by atoms with Crippen LogP contribution in [0.2, 0.25) is 0 Å². The molecule has 0 N–H and O–H groups in total. The molecule has 2 heteroatoms. The molecule has 1 nitrogen and oxygen atoms in total. The summed E-state index contributed by atoms with van der Waals surface area (Å²) in [6.45, 7) is 1.83. The molecule has 0 saturated heterocycles. The summed E-state index contributed by atoms with van der Waals surface area (Å²) in [5.41, 5.74) is 2.66. The second-order valence-corrected chi connectivity index (χ2v) is 3.50. The highest BCUT2D eigenvalue weighted by Gasteiger charge is 2.06. The van der Waals surface area contributed by atoms with Crippen molar-refractivity contribution in [2.75, 3.05) is 0 Å². The fourth-order valence-electron chi connectivity index (χ4n) is 1.47. The van der Waals surface area contributed by atoms with E-state index in [9.17, 15) is 4.39 Å². The lowest BCUT2D eigenvalue weighted by molar-refractivity contribution is 0.624. The van der Waals surface area contributed by atoms with E-state index in [0.717, 1.165) is 16.8 Å². The zero-order chi connectivity index (χ0) is 11.5. The van der Waals surface area contributed by atoms with Crippen LogP contribution in [0, 0.1) is 25.1 Å². The molecule has 78 valence electrons. The van der Waals surface area contributed by atoms with Gasteiger partial charge in [0.25, 0.3) is 0 Å². The van der Waals surface area contributed by atoms with Crippen molar-refractivity contribution in [3.05, 3.63) is 53.5 Å². The molecule has 0 fully saturated rings. The summed E-state index contributed by atoms with van der Waals surface area (Å²) in [6.07, 6.45) is 5.25. The molecule has 0 saturated carbocycles. The molecule has 1 aromatic carbocycles. The van der Waals surface area contributed by atoms with E-state index in [0.29, 0.717) is 5.69 Å². The average Bonchev–Trinajstić information content (AvgIpc) is 2.32. The molecule has 0 bridgehead atoms. The average molecular weight is 211 g/mol. The first-order chi connectivity index (χ1) is 7.70. The van der Waals surface area contributed by atoms with E-state index < -0.39 is 0 Å². The number of halogens is 1. The molecular formula is C14H10FN. The van der Waals surface area contributed by atoms with Crippen molar-refractivity contribution in [3.63, 3.8) is 0 Å². The first-order valence-corrected chi connectivity index (χ1v) is 4.91. The van der Waals surface area contributed by atoms with E-state index in [1.54, 1.807) is 30.3 Å². The van der Waals surface area contributed by atoms with E-state index in [1.807, 2.05) is 6.92 Å². The Hall–Kier alpha value is -2.14. The molecule has 0 aliphatic carbocycles. The van der Waals surface area contributed by atoms with Crippen LogP contribution in [0.1, 0.15) is 11.3 Å². The molecule has 16 heavy (non-hydrogen) atoms. The van der Waals surface area contributed by atoms with Gasteiger partial charge in [0.2, 0.25) is 0 Å². The lowest BCUT2D eigenvalue weighted by Crippen LogP contribution is -1.91. The molecule has 2 aromatic rings. The minimum Gasteiger partial charge on any atom is -0.250 e. The van der Waals surface area contributed by atoms with Crippen LogP contribution >= 0.6 is 0 Å². The molecule has 0 unspecified atom stereocenters. The maximum absolute atomic E-state index is 13.5. The number of aromatic nitrogens is 1. The van der Waals surface area contributed by atoms with E-state index in [4.69, 9.17) is 6.42 Å². The van der Waals surface area contributed by atoms with Crippen molar-refractivity contribution in [2.45, 2.75) is 6.92 Å². The molecule has 0 aliphatic rings. The number of nitrogens with zero attached hydrogens (tertiary/aromatic N) is 1. The maximum Gasteiger partial charge on any atom is 0.149 e. The number of hydrogen-bond acceptors (Lipinski definition) is 1. The van der Waals surface area contributed by atoms with Gasteiger partial charge >= 0.3 is 0 Å². The third-order valence-corrected chi connectivity index (χ3v) is 2.31. The zero-order valence-electron chi connectivity index (χ0n) is 8.87. The van der Waals surface area contributed by atoms with Gasteiger partial charge in [-0.1, -0.05) is 18.1 Å². The summed E-state index contributed by atoms with van der Waals surface area (Å²) in [5, 5.41) is 0. The maximum atomic E-state index is 13.5.